The van der Waals surface area contributed by atoms with Gasteiger partial charge in [-0.25, -0.2) is 4.79 Å². The molecule has 2 saturated heterocycles. The number of rotatable bonds is 5. The summed E-state index contributed by atoms with van der Waals surface area (Å²) in [6, 6.07) is 6.55. The average molecular weight is 408 g/mol. The first kappa shape index (κ1) is 20.6. The fourth-order valence-corrected chi connectivity index (χ4v) is 4.28. The summed E-state index contributed by atoms with van der Waals surface area (Å²) < 4.78 is 0. The van der Waals surface area contributed by atoms with E-state index in [-0.39, 0.29) is 36.9 Å². The van der Waals surface area contributed by atoms with Crippen LogP contribution in [0.25, 0.3) is 0 Å². The molecular formula is C20H26ClN3O4. The van der Waals surface area contributed by atoms with E-state index in [2.05, 4.69) is 0 Å². The zero-order valence-electron chi connectivity index (χ0n) is 16.2. The van der Waals surface area contributed by atoms with Crippen LogP contribution in [0.3, 0.4) is 0 Å². The second-order valence-electron chi connectivity index (χ2n) is 7.77. The Kier molecular flexibility index (Phi) is 5.95. The van der Waals surface area contributed by atoms with Gasteiger partial charge in [-0.15, -0.1) is 0 Å². The van der Waals surface area contributed by atoms with Crippen molar-refractivity contribution in [1.82, 2.24) is 14.7 Å². The summed E-state index contributed by atoms with van der Waals surface area (Å²) in [5, 5.41) is 9.65. The van der Waals surface area contributed by atoms with E-state index in [1.807, 2.05) is 13.8 Å². The van der Waals surface area contributed by atoms with Gasteiger partial charge in [0.05, 0.1) is 23.7 Å². The maximum absolute atomic E-state index is 13.1. The Morgan fingerprint density at radius 2 is 1.86 bits per heavy atom. The number of likely N-dealkylation sites (tertiary alicyclic amines) is 1. The lowest BCUT2D eigenvalue weighted by Crippen LogP contribution is -2.58. The highest BCUT2D eigenvalue weighted by atomic mass is 35.5. The minimum absolute atomic E-state index is 0.00369. The fraction of sp³-hybridized carbons (Fsp3) is 0.550. The number of benzene rings is 1. The van der Waals surface area contributed by atoms with Gasteiger partial charge < -0.3 is 14.9 Å². The Morgan fingerprint density at radius 3 is 2.43 bits per heavy atom. The van der Waals surface area contributed by atoms with Crippen molar-refractivity contribution in [3.63, 3.8) is 0 Å². The zero-order valence-corrected chi connectivity index (χ0v) is 17.0. The highest BCUT2D eigenvalue weighted by Crippen LogP contribution is 2.38. The molecule has 3 rings (SSSR count). The second-order valence-corrected chi connectivity index (χ2v) is 8.18. The fourth-order valence-electron chi connectivity index (χ4n) is 4.07. The first-order chi connectivity index (χ1) is 13.3. The average Bonchev–Trinajstić information content (AvgIpc) is 2.85. The smallest absolute Gasteiger partial charge is 0.327 e. The molecule has 0 radical (unpaired) electrons. The normalized spacial score (nSPS) is 19.2. The molecule has 1 aromatic rings. The third kappa shape index (κ3) is 3.49. The Morgan fingerprint density at radius 1 is 1.21 bits per heavy atom. The third-order valence-electron chi connectivity index (χ3n) is 5.48. The van der Waals surface area contributed by atoms with Crippen LogP contribution >= 0.6 is 11.6 Å². The SMILES string of the molecule is CC(C)CN1C(=O)N(CCO)C(=O)C12CCN(C(=O)c1ccccc1Cl)CC2. The Hall–Kier alpha value is -2.12. The minimum atomic E-state index is -0.937. The Bertz CT molecular complexity index is 774. The van der Waals surface area contributed by atoms with Crippen molar-refractivity contribution in [3.05, 3.63) is 34.9 Å². The molecule has 28 heavy (non-hydrogen) atoms. The molecule has 2 heterocycles. The van der Waals surface area contributed by atoms with Crippen molar-refractivity contribution < 1.29 is 19.5 Å². The molecule has 7 nitrogen and oxygen atoms in total. The van der Waals surface area contributed by atoms with E-state index in [0.717, 1.165) is 4.90 Å². The third-order valence-corrected chi connectivity index (χ3v) is 5.80. The minimum Gasteiger partial charge on any atom is -0.395 e. The summed E-state index contributed by atoms with van der Waals surface area (Å²) in [6.45, 7) is 4.92. The highest BCUT2D eigenvalue weighted by Gasteiger charge is 2.58. The van der Waals surface area contributed by atoms with E-state index in [9.17, 15) is 19.5 Å². The summed E-state index contributed by atoms with van der Waals surface area (Å²) in [5.74, 6) is -0.234. The lowest BCUT2D eigenvalue weighted by atomic mass is 9.85. The lowest BCUT2D eigenvalue weighted by molar-refractivity contribution is -0.135. The van der Waals surface area contributed by atoms with E-state index < -0.39 is 5.54 Å². The number of carbonyl (C=O) groups is 3. The summed E-state index contributed by atoms with van der Waals surface area (Å²) in [4.78, 5) is 43.2. The van der Waals surface area contributed by atoms with Crippen LogP contribution in [0.15, 0.2) is 24.3 Å². The molecule has 0 unspecified atom stereocenters. The van der Waals surface area contributed by atoms with Crippen LogP contribution in [0.4, 0.5) is 4.79 Å². The molecule has 2 aliphatic heterocycles. The molecule has 0 saturated carbocycles. The van der Waals surface area contributed by atoms with Crippen LogP contribution in [0.2, 0.25) is 5.02 Å². The lowest BCUT2D eigenvalue weighted by Gasteiger charge is -2.42. The van der Waals surface area contributed by atoms with Crippen LogP contribution < -0.4 is 0 Å². The van der Waals surface area contributed by atoms with Gasteiger partial charge in [0.15, 0.2) is 0 Å². The number of urea groups is 1. The molecule has 1 aromatic carbocycles. The van der Waals surface area contributed by atoms with Gasteiger partial charge in [-0.1, -0.05) is 37.6 Å². The van der Waals surface area contributed by atoms with Gasteiger partial charge in [-0.3, -0.25) is 14.5 Å². The molecule has 0 bridgehead atoms. The van der Waals surface area contributed by atoms with Crippen LogP contribution in [0.1, 0.15) is 37.0 Å². The molecule has 1 N–H and O–H groups in total. The molecule has 0 aromatic heterocycles. The number of amides is 4. The molecule has 0 atom stereocenters. The zero-order chi connectivity index (χ0) is 20.5. The number of imide groups is 1. The Labute approximate surface area is 169 Å². The summed E-state index contributed by atoms with van der Waals surface area (Å²) >= 11 is 6.15. The predicted octanol–water partition coefficient (Wildman–Crippen LogP) is 2.23. The maximum Gasteiger partial charge on any atom is 0.327 e. The standard InChI is InChI=1S/C20H26ClN3O4/c1-14(2)13-24-19(28)23(11-12-25)18(27)20(24)7-9-22(10-8-20)17(26)15-5-3-4-6-16(15)21/h3-6,14,25H,7-13H2,1-2H3. The number of hydrogen-bond acceptors (Lipinski definition) is 4. The van der Waals surface area contributed by atoms with Crippen molar-refractivity contribution in [2.45, 2.75) is 32.2 Å². The van der Waals surface area contributed by atoms with Crippen molar-refractivity contribution in [3.8, 4) is 0 Å². The van der Waals surface area contributed by atoms with Crippen molar-refractivity contribution in [2.24, 2.45) is 5.92 Å². The van der Waals surface area contributed by atoms with E-state index in [1.54, 1.807) is 34.1 Å². The van der Waals surface area contributed by atoms with Gasteiger partial charge in [0, 0.05) is 19.6 Å². The summed E-state index contributed by atoms with van der Waals surface area (Å²) in [6.07, 6.45) is 0.755. The van der Waals surface area contributed by atoms with Gasteiger partial charge in [-0.05, 0) is 30.9 Å². The van der Waals surface area contributed by atoms with Crippen LogP contribution in [-0.4, -0.2) is 76.0 Å². The van der Waals surface area contributed by atoms with Crippen molar-refractivity contribution in [2.75, 3.05) is 32.8 Å². The second kappa shape index (κ2) is 8.09. The molecule has 2 fully saturated rings. The molecule has 0 aliphatic carbocycles. The van der Waals surface area contributed by atoms with E-state index in [4.69, 9.17) is 11.6 Å². The summed E-state index contributed by atoms with van der Waals surface area (Å²) in [7, 11) is 0. The van der Waals surface area contributed by atoms with Gasteiger partial charge >= 0.3 is 6.03 Å². The molecule has 2 aliphatic rings. The largest absolute Gasteiger partial charge is 0.395 e. The summed E-state index contributed by atoms with van der Waals surface area (Å²) in [5.41, 5.74) is -0.497. The number of piperidine rings is 1. The van der Waals surface area contributed by atoms with Crippen LogP contribution in [0, 0.1) is 5.92 Å². The van der Waals surface area contributed by atoms with E-state index in [1.165, 1.54) is 0 Å². The van der Waals surface area contributed by atoms with Crippen LogP contribution in [-0.2, 0) is 4.79 Å². The first-order valence-corrected chi connectivity index (χ1v) is 9.98. The topological polar surface area (TPSA) is 81.2 Å². The molecule has 8 heteroatoms. The number of β-amino-alcohol motifs (C(OH)–C–C–N with tert-alkyl or cyclic N) is 1. The molecule has 4 amide bonds. The number of aliphatic hydroxyl groups is 1. The highest BCUT2D eigenvalue weighted by molar-refractivity contribution is 6.33. The van der Waals surface area contributed by atoms with Gasteiger partial charge in [0.2, 0.25) is 0 Å². The van der Waals surface area contributed by atoms with E-state index in [0.29, 0.717) is 43.1 Å². The Balaban J connectivity index is 1.81. The van der Waals surface area contributed by atoms with Crippen molar-refractivity contribution in [1.29, 1.82) is 0 Å². The monoisotopic (exact) mass is 407 g/mol. The number of nitrogens with zero attached hydrogens (tertiary/aromatic N) is 3. The number of carbonyl (C=O) groups excluding carboxylic acids is 3. The quantitative estimate of drug-likeness (QED) is 0.759. The van der Waals surface area contributed by atoms with Gasteiger partial charge in [0.1, 0.15) is 5.54 Å². The molecular weight excluding hydrogens is 382 g/mol. The van der Waals surface area contributed by atoms with Gasteiger partial charge in [0.25, 0.3) is 11.8 Å². The molecule has 152 valence electrons. The van der Waals surface area contributed by atoms with Gasteiger partial charge in [-0.2, -0.15) is 0 Å². The predicted molar refractivity (Wildman–Crippen MR) is 105 cm³/mol. The number of halogens is 1. The molecule has 1 spiro atoms. The van der Waals surface area contributed by atoms with Crippen molar-refractivity contribution >= 4 is 29.4 Å². The van der Waals surface area contributed by atoms with Crippen LogP contribution in [0.5, 0.6) is 0 Å². The first-order valence-electron chi connectivity index (χ1n) is 9.60. The maximum atomic E-state index is 13.1. The number of aliphatic hydroxyl groups excluding tert-OH is 1. The van der Waals surface area contributed by atoms with E-state index >= 15 is 0 Å². The number of hydrogen-bond donors (Lipinski definition) is 1.